The first-order valence-corrected chi connectivity index (χ1v) is 12.4. The van der Waals surface area contributed by atoms with Gasteiger partial charge in [-0.25, -0.2) is 13.2 Å². The number of alkyl carbamates (subject to hydrolysis) is 1. The Bertz CT molecular complexity index is 975. The van der Waals surface area contributed by atoms with Crippen molar-refractivity contribution in [2.75, 3.05) is 12.0 Å². The van der Waals surface area contributed by atoms with Crippen LogP contribution in [0.1, 0.15) is 31.4 Å². The van der Waals surface area contributed by atoms with Gasteiger partial charge in [0, 0.05) is 12.8 Å². The van der Waals surface area contributed by atoms with E-state index in [2.05, 4.69) is 10.6 Å². The van der Waals surface area contributed by atoms with E-state index in [1.54, 1.807) is 12.1 Å². The van der Waals surface area contributed by atoms with Crippen molar-refractivity contribution in [1.29, 1.82) is 0 Å². The number of hydrogen-bond acceptors (Lipinski definition) is 6. The van der Waals surface area contributed by atoms with Gasteiger partial charge in [-0.2, -0.15) is 0 Å². The van der Waals surface area contributed by atoms with Gasteiger partial charge in [0.2, 0.25) is 5.91 Å². The van der Waals surface area contributed by atoms with Crippen LogP contribution < -0.4 is 15.4 Å². The third-order valence-corrected chi connectivity index (χ3v) is 5.34. The molecule has 0 aliphatic carbocycles. The lowest BCUT2D eigenvalue weighted by Gasteiger charge is -2.18. The maximum absolute atomic E-state index is 12.7. The van der Waals surface area contributed by atoms with E-state index in [1.165, 1.54) is 0 Å². The summed E-state index contributed by atoms with van der Waals surface area (Å²) in [6, 6.07) is 15.3. The first-order valence-electron chi connectivity index (χ1n) is 10.3. The molecule has 2 aromatic carbocycles. The predicted octanol–water partition coefficient (Wildman–Crippen LogP) is 2.82. The minimum absolute atomic E-state index is 0.0396. The van der Waals surface area contributed by atoms with Gasteiger partial charge in [-0.05, 0) is 43.5 Å². The summed E-state index contributed by atoms with van der Waals surface area (Å²) in [6.07, 6.45) is 0.282. The zero-order valence-electron chi connectivity index (χ0n) is 18.5. The van der Waals surface area contributed by atoms with E-state index < -0.39 is 27.9 Å². The van der Waals surface area contributed by atoms with Crippen LogP contribution >= 0.6 is 0 Å². The van der Waals surface area contributed by atoms with Crippen LogP contribution in [0, 0.1) is 0 Å². The monoisotopic (exact) mass is 462 g/mol. The van der Waals surface area contributed by atoms with E-state index in [4.69, 9.17) is 9.47 Å². The fourth-order valence-electron chi connectivity index (χ4n) is 2.78. The third kappa shape index (κ3) is 9.82. The molecule has 2 N–H and O–H groups in total. The molecule has 0 aliphatic rings. The van der Waals surface area contributed by atoms with Crippen LogP contribution in [0.4, 0.5) is 4.79 Å². The van der Waals surface area contributed by atoms with Crippen molar-refractivity contribution in [3.05, 3.63) is 65.7 Å². The molecule has 32 heavy (non-hydrogen) atoms. The van der Waals surface area contributed by atoms with Crippen molar-refractivity contribution in [3.63, 3.8) is 0 Å². The van der Waals surface area contributed by atoms with Gasteiger partial charge < -0.3 is 20.1 Å². The van der Waals surface area contributed by atoms with E-state index in [-0.39, 0.29) is 31.4 Å². The molecule has 0 saturated heterocycles. The second kappa shape index (κ2) is 12.1. The highest BCUT2D eigenvalue weighted by Gasteiger charge is 2.23. The molecular weight excluding hydrogens is 432 g/mol. The molecule has 1 atom stereocenters. The molecule has 2 rings (SSSR count). The predicted molar refractivity (Wildman–Crippen MR) is 122 cm³/mol. The number of benzene rings is 2. The zero-order chi connectivity index (χ0) is 23.6. The van der Waals surface area contributed by atoms with Crippen LogP contribution in [0.2, 0.25) is 0 Å². The van der Waals surface area contributed by atoms with Crippen LogP contribution in [0.25, 0.3) is 0 Å². The Morgan fingerprint density at radius 1 is 0.969 bits per heavy atom. The topological polar surface area (TPSA) is 111 Å². The summed E-state index contributed by atoms with van der Waals surface area (Å²) in [7, 11) is -3.31. The summed E-state index contributed by atoms with van der Waals surface area (Å²) in [5, 5.41) is 5.20. The smallest absolute Gasteiger partial charge is 0.408 e. The summed E-state index contributed by atoms with van der Waals surface area (Å²) in [5.74, 6) is -0.0116. The molecule has 0 saturated carbocycles. The van der Waals surface area contributed by atoms with Gasteiger partial charge in [-0.3, -0.25) is 4.79 Å². The highest BCUT2D eigenvalue weighted by molar-refractivity contribution is 7.90. The Morgan fingerprint density at radius 2 is 1.62 bits per heavy atom. The first-order chi connectivity index (χ1) is 15.1. The molecule has 9 heteroatoms. The summed E-state index contributed by atoms with van der Waals surface area (Å²) < 4.78 is 33.9. The molecule has 0 aliphatic heterocycles. The van der Waals surface area contributed by atoms with Crippen molar-refractivity contribution < 1.29 is 27.5 Å². The van der Waals surface area contributed by atoms with Gasteiger partial charge in [0.1, 0.15) is 28.2 Å². The molecule has 1 unspecified atom stereocenters. The maximum Gasteiger partial charge on any atom is 0.408 e. The highest BCUT2D eigenvalue weighted by atomic mass is 32.2. The van der Waals surface area contributed by atoms with Crippen LogP contribution in [-0.4, -0.2) is 44.6 Å². The van der Waals surface area contributed by atoms with Crippen molar-refractivity contribution in [1.82, 2.24) is 10.6 Å². The van der Waals surface area contributed by atoms with E-state index in [0.717, 1.165) is 23.1 Å². The van der Waals surface area contributed by atoms with E-state index in [1.807, 2.05) is 56.3 Å². The molecule has 8 nitrogen and oxygen atoms in total. The zero-order valence-corrected chi connectivity index (χ0v) is 19.4. The Morgan fingerprint density at radius 3 is 2.22 bits per heavy atom. The second-order valence-corrected chi connectivity index (χ2v) is 9.97. The molecule has 174 valence electrons. The van der Waals surface area contributed by atoms with Crippen LogP contribution in [0.3, 0.4) is 0 Å². The van der Waals surface area contributed by atoms with Crippen molar-refractivity contribution >= 4 is 21.8 Å². The summed E-state index contributed by atoms with van der Waals surface area (Å²) in [6.45, 7) is 4.13. The molecule has 0 aromatic heterocycles. The average molecular weight is 463 g/mol. The number of sulfone groups is 1. The molecule has 2 aromatic rings. The summed E-state index contributed by atoms with van der Waals surface area (Å²) >= 11 is 0. The normalized spacial score (nSPS) is 12.1. The Labute approximate surface area is 189 Å². The lowest BCUT2D eigenvalue weighted by molar-refractivity contribution is -0.123. The minimum atomic E-state index is -3.31. The Balaban J connectivity index is 1.93. The summed E-state index contributed by atoms with van der Waals surface area (Å²) in [4.78, 5) is 24.8. The standard InChI is InChI=1S/C23H30N2O6S/c1-17(2)31-20-11-9-18(10-12-20)15-24-22(26)21(13-14-32(3,28)29)25-23(27)30-16-19-7-5-4-6-8-19/h4-12,17,21H,13-16H2,1-3H3,(H,24,26)(H,25,27). The van der Waals surface area contributed by atoms with Gasteiger partial charge >= 0.3 is 6.09 Å². The number of hydrogen-bond donors (Lipinski definition) is 2. The van der Waals surface area contributed by atoms with Crippen LogP contribution in [0.5, 0.6) is 5.75 Å². The fourth-order valence-corrected chi connectivity index (χ4v) is 3.44. The van der Waals surface area contributed by atoms with Gasteiger partial charge in [0.05, 0.1) is 11.9 Å². The highest BCUT2D eigenvalue weighted by Crippen LogP contribution is 2.14. The number of rotatable bonds is 11. The summed E-state index contributed by atoms with van der Waals surface area (Å²) in [5.41, 5.74) is 1.63. The average Bonchev–Trinajstić information content (AvgIpc) is 2.74. The van der Waals surface area contributed by atoms with Gasteiger partial charge in [0.15, 0.2) is 0 Å². The Hall–Kier alpha value is -3.07. The molecule has 0 bridgehead atoms. The van der Waals surface area contributed by atoms with Crippen LogP contribution in [-0.2, 0) is 32.5 Å². The fraction of sp³-hybridized carbons (Fsp3) is 0.391. The number of ether oxygens (including phenoxy) is 2. The van der Waals surface area contributed by atoms with Crippen LogP contribution in [0.15, 0.2) is 54.6 Å². The van der Waals surface area contributed by atoms with E-state index >= 15 is 0 Å². The minimum Gasteiger partial charge on any atom is -0.491 e. The molecular formula is C23H30N2O6S. The van der Waals surface area contributed by atoms with Crippen molar-refractivity contribution in [3.8, 4) is 5.75 Å². The van der Waals surface area contributed by atoms with Gasteiger partial charge in [-0.1, -0.05) is 42.5 Å². The number of amides is 2. The largest absolute Gasteiger partial charge is 0.491 e. The van der Waals surface area contributed by atoms with Crippen molar-refractivity contribution in [2.45, 2.75) is 45.6 Å². The lowest BCUT2D eigenvalue weighted by atomic mass is 10.2. The SMILES string of the molecule is CC(C)Oc1ccc(CNC(=O)C(CCS(C)(=O)=O)NC(=O)OCc2ccccc2)cc1. The molecule has 2 amide bonds. The van der Waals surface area contributed by atoms with Gasteiger partial charge in [0.25, 0.3) is 0 Å². The Kier molecular flexibility index (Phi) is 9.52. The van der Waals surface area contributed by atoms with Gasteiger partial charge in [-0.15, -0.1) is 0 Å². The lowest BCUT2D eigenvalue weighted by Crippen LogP contribution is -2.47. The second-order valence-electron chi connectivity index (χ2n) is 7.71. The molecule has 0 spiro atoms. The maximum atomic E-state index is 12.7. The number of nitrogens with one attached hydrogen (secondary N) is 2. The molecule has 0 heterocycles. The third-order valence-electron chi connectivity index (χ3n) is 4.36. The first kappa shape index (κ1) is 25.2. The van der Waals surface area contributed by atoms with E-state index in [9.17, 15) is 18.0 Å². The van der Waals surface area contributed by atoms with Crippen molar-refractivity contribution in [2.24, 2.45) is 0 Å². The quantitative estimate of drug-likeness (QED) is 0.531. The molecule has 0 fully saturated rings. The molecule has 0 radical (unpaired) electrons. The number of carbonyl (C=O) groups excluding carboxylic acids is 2. The van der Waals surface area contributed by atoms with E-state index in [0.29, 0.717) is 0 Å². The number of carbonyl (C=O) groups is 2.